The Bertz CT molecular complexity index is 523. The van der Waals surface area contributed by atoms with E-state index in [-0.39, 0.29) is 11.6 Å². The summed E-state index contributed by atoms with van der Waals surface area (Å²) in [6.07, 6.45) is 8.88. The van der Waals surface area contributed by atoms with Gasteiger partial charge in [-0.15, -0.1) is 0 Å². The zero-order valence-electron chi connectivity index (χ0n) is 18.6. The number of unbranched alkanes of at least 4 members (excludes halogenated alkanes) is 6. The van der Waals surface area contributed by atoms with Gasteiger partial charge < -0.3 is 18.4 Å². The monoisotopic (exact) mass is 396 g/mol. The van der Waals surface area contributed by atoms with Gasteiger partial charge >= 0.3 is 7.32 Å². The molecule has 28 heavy (non-hydrogen) atoms. The van der Waals surface area contributed by atoms with Crippen LogP contribution in [0.3, 0.4) is 0 Å². The van der Waals surface area contributed by atoms with Crippen LogP contribution in [0.1, 0.15) is 70.8 Å². The third-order valence-corrected chi connectivity index (χ3v) is 4.41. The maximum absolute atomic E-state index is 14.9. The summed E-state index contributed by atoms with van der Waals surface area (Å²) in [5, 5.41) is 0. The van der Waals surface area contributed by atoms with Crippen molar-refractivity contribution in [1.82, 2.24) is 0 Å². The second kappa shape index (κ2) is 14.0. The van der Waals surface area contributed by atoms with Crippen LogP contribution in [0.4, 0.5) is 4.39 Å². The molecule has 160 valence electrons. The van der Waals surface area contributed by atoms with Crippen molar-refractivity contribution in [3.05, 3.63) is 29.6 Å². The minimum Gasteiger partial charge on any atom is -0.509 e. The lowest BCUT2D eigenvalue weighted by Crippen LogP contribution is -2.34. The third kappa shape index (κ3) is 11.0. The van der Waals surface area contributed by atoms with Gasteiger partial charge in [-0.05, 0) is 18.9 Å². The van der Waals surface area contributed by atoms with Gasteiger partial charge in [0.2, 0.25) is 0 Å². The SMILES string of the molecule is CCCCCCOB(OCCCCCC)Oc1cccc(C[N+](C)(C)C)c1F. The molecule has 1 aromatic carbocycles. The molecule has 1 aromatic rings. The minimum absolute atomic E-state index is 0.193. The summed E-state index contributed by atoms with van der Waals surface area (Å²) in [6.45, 7) is 6.06. The van der Waals surface area contributed by atoms with Crippen molar-refractivity contribution in [2.75, 3.05) is 34.4 Å². The fraction of sp³-hybridized carbons (Fsp3) is 0.727. The number of hydrogen-bond acceptors (Lipinski definition) is 3. The molecule has 0 atom stereocenters. The predicted octanol–water partition coefficient (Wildman–Crippen LogP) is 5.59. The second-order valence-corrected chi connectivity index (χ2v) is 8.45. The van der Waals surface area contributed by atoms with E-state index in [0.29, 0.717) is 29.8 Å². The highest BCUT2D eigenvalue weighted by atomic mass is 19.1. The van der Waals surface area contributed by atoms with E-state index in [1.807, 2.05) is 27.2 Å². The van der Waals surface area contributed by atoms with Crippen molar-refractivity contribution in [3.63, 3.8) is 0 Å². The van der Waals surface area contributed by atoms with Crippen LogP contribution in [0.5, 0.6) is 5.75 Å². The van der Waals surface area contributed by atoms with E-state index in [2.05, 4.69) is 13.8 Å². The molecule has 0 heterocycles. The smallest absolute Gasteiger partial charge is 0.509 e. The number of halogens is 1. The van der Waals surface area contributed by atoms with E-state index in [0.717, 1.165) is 25.7 Å². The largest absolute Gasteiger partial charge is 0.713 e. The highest BCUT2D eigenvalue weighted by Crippen LogP contribution is 2.23. The van der Waals surface area contributed by atoms with Crippen molar-refractivity contribution >= 4 is 7.32 Å². The molecule has 0 fully saturated rings. The molecule has 4 nitrogen and oxygen atoms in total. The Balaban J connectivity index is 2.68. The number of rotatable bonds is 16. The van der Waals surface area contributed by atoms with Crippen molar-refractivity contribution < 1.29 is 22.8 Å². The van der Waals surface area contributed by atoms with Gasteiger partial charge in [0.25, 0.3) is 0 Å². The van der Waals surface area contributed by atoms with Crippen LogP contribution in [0.25, 0.3) is 0 Å². The summed E-state index contributed by atoms with van der Waals surface area (Å²) < 4.78 is 32.9. The lowest BCUT2D eigenvalue weighted by atomic mass is 10.1. The second-order valence-electron chi connectivity index (χ2n) is 8.45. The molecular formula is C22H40BFNO3+. The number of benzene rings is 1. The molecule has 0 aliphatic rings. The van der Waals surface area contributed by atoms with Crippen LogP contribution >= 0.6 is 0 Å². The lowest BCUT2D eigenvalue weighted by molar-refractivity contribution is -0.884. The first-order valence-corrected chi connectivity index (χ1v) is 10.8. The maximum atomic E-state index is 14.9. The first-order chi connectivity index (χ1) is 13.4. The number of hydrogen-bond donors (Lipinski definition) is 0. The summed E-state index contributed by atoms with van der Waals surface area (Å²) in [5.74, 6) is -0.136. The molecule has 0 spiro atoms. The van der Waals surface area contributed by atoms with Crippen LogP contribution < -0.4 is 4.65 Å². The molecule has 0 radical (unpaired) electrons. The van der Waals surface area contributed by atoms with Crippen LogP contribution in [0.2, 0.25) is 0 Å². The Morgan fingerprint density at radius 3 is 1.93 bits per heavy atom. The van der Waals surface area contributed by atoms with Gasteiger partial charge in [-0.1, -0.05) is 64.5 Å². The molecule has 1 rings (SSSR count). The Labute approximate surface area is 172 Å². The molecular weight excluding hydrogens is 356 g/mol. The van der Waals surface area contributed by atoms with Crippen molar-refractivity contribution in [2.24, 2.45) is 0 Å². The van der Waals surface area contributed by atoms with E-state index in [4.69, 9.17) is 14.0 Å². The fourth-order valence-electron chi connectivity index (χ4n) is 2.92. The van der Waals surface area contributed by atoms with E-state index in [9.17, 15) is 4.39 Å². The molecule has 0 aromatic heterocycles. The molecule has 6 heteroatoms. The Morgan fingerprint density at radius 1 is 0.857 bits per heavy atom. The summed E-state index contributed by atoms with van der Waals surface area (Å²) >= 11 is 0. The molecule has 0 N–H and O–H groups in total. The highest BCUT2D eigenvalue weighted by Gasteiger charge is 2.26. The van der Waals surface area contributed by atoms with E-state index < -0.39 is 7.32 Å². The molecule has 0 unspecified atom stereocenters. The van der Waals surface area contributed by atoms with Gasteiger partial charge in [-0.2, -0.15) is 0 Å². The summed E-state index contributed by atoms with van der Waals surface area (Å²) in [5.41, 5.74) is 0.634. The van der Waals surface area contributed by atoms with Crippen molar-refractivity contribution in [2.45, 2.75) is 71.8 Å². The van der Waals surface area contributed by atoms with Crippen molar-refractivity contribution in [1.29, 1.82) is 0 Å². The van der Waals surface area contributed by atoms with Crippen LogP contribution in [0, 0.1) is 5.82 Å². The number of quaternary nitrogens is 1. The van der Waals surface area contributed by atoms with Gasteiger partial charge in [0.15, 0.2) is 5.82 Å². The standard InChI is InChI=1S/C22H40BFNO3/c1-6-8-10-12-17-26-23(27-18-13-11-9-7-2)28-21-16-14-15-20(22(21)24)19-25(3,4)5/h14-16H,6-13,17-19H2,1-5H3/q+1. The van der Waals surface area contributed by atoms with Gasteiger partial charge in [0.05, 0.1) is 21.1 Å². The zero-order chi connectivity index (χ0) is 20.8. The summed E-state index contributed by atoms with van der Waals surface area (Å²) in [7, 11) is 5.25. The van der Waals surface area contributed by atoms with Gasteiger partial charge in [-0.25, -0.2) is 4.39 Å². The van der Waals surface area contributed by atoms with Gasteiger partial charge in [0.1, 0.15) is 12.3 Å². The van der Waals surface area contributed by atoms with E-state index in [1.54, 1.807) is 12.1 Å². The summed E-state index contributed by atoms with van der Waals surface area (Å²) in [6, 6.07) is 5.27. The zero-order valence-corrected chi connectivity index (χ0v) is 18.6. The van der Waals surface area contributed by atoms with Crippen molar-refractivity contribution in [3.8, 4) is 5.75 Å². The Kier molecular flexibility index (Phi) is 12.4. The van der Waals surface area contributed by atoms with Crippen LogP contribution in [-0.2, 0) is 15.9 Å². The Morgan fingerprint density at radius 2 is 1.43 bits per heavy atom. The van der Waals surface area contributed by atoms with E-state index >= 15 is 0 Å². The van der Waals surface area contributed by atoms with Gasteiger partial charge in [-0.3, -0.25) is 0 Å². The molecule has 0 bridgehead atoms. The Hall–Kier alpha value is -1.11. The third-order valence-electron chi connectivity index (χ3n) is 4.41. The lowest BCUT2D eigenvalue weighted by Gasteiger charge is -2.24. The predicted molar refractivity (Wildman–Crippen MR) is 115 cm³/mol. The van der Waals surface area contributed by atoms with Gasteiger partial charge in [0, 0.05) is 18.8 Å². The molecule has 0 saturated carbocycles. The average Bonchev–Trinajstić information content (AvgIpc) is 2.63. The maximum Gasteiger partial charge on any atom is 0.713 e. The average molecular weight is 396 g/mol. The van der Waals surface area contributed by atoms with Crippen LogP contribution in [0.15, 0.2) is 18.2 Å². The van der Waals surface area contributed by atoms with E-state index in [1.165, 1.54) is 25.7 Å². The molecule has 0 saturated heterocycles. The normalized spacial score (nSPS) is 11.6. The number of nitrogens with zero attached hydrogens (tertiary/aromatic N) is 1. The topological polar surface area (TPSA) is 27.7 Å². The summed E-state index contributed by atoms with van der Waals surface area (Å²) in [4.78, 5) is 0. The van der Waals surface area contributed by atoms with Crippen LogP contribution in [-0.4, -0.2) is 46.2 Å². The molecule has 0 amide bonds. The fourth-order valence-corrected chi connectivity index (χ4v) is 2.92. The quantitative estimate of drug-likeness (QED) is 0.207. The molecule has 0 aliphatic heterocycles. The first-order valence-electron chi connectivity index (χ1n) is 10.8. The first kappa shape index (κ1) is 24.9. The molecule has 0 aliphatic carbocycles. The minimum atomic E-state index is -0.864. The highest BCUT2D eigenvalue weighted by molar-refractivity contribution is 6.37.